The molecular weight excluding hydrogens is 316 g/mol. The Labute approximate surface area is 145 Å². The number of carbonyl (C=O) groups excluding carboxylic acids is 1. The number of aromatic nitrogens is 3. The summed E-state index contributed by atoms with van der Waals surface area (Å²) in [6.07, 6.45) is 3.05. The van der Waals surface area contributed by atoms with Gasteiger partial charge in [0.05, 0.1) is 0 Å². The predicted octanol–water partition coefficient (Wildman–Crippen LogP) is 3.21. The zero-order valence-corrected chi connectivity index (χ0v) is 13.9. The van der Waals surface area contributed by atoms with E-state index in [9.17, 15) is 4.79 Å². The topological polar surface area (TPSA) is 72.1 Å². The van der Waals surface area contributed by atoms with Crippen molar-refractivity contribution in [2.24, 2.45) is 0 Å². The van der Waals surface area contributed by atoms with Crippen molar-refractivity contribution in [3.8, 4) is 11.6 Å². The van der Waals surface area contributed by atoms with Crippen molar-refractivity contribution in [3.63, 3.8) is 0 Å². The van der Waals surface area contributed by atoms with Gasteiger partial charge in [-0.05, 0) is 36.2 Å². The summed E-state index contributed by atoms with van der Waals surface area (Å²) in [7, 11) is 0. The van der Waals surface area contributed by atoms with Crippen molar-refractivity contribution >= 4 is 11.6 Å². The van der Waals surface area contributed by atoms with Gasteiger partial charge < -0.3 is 9.42 Å². The first-order valence-corrected chi connectivity index (χ1v) is 8.39. The van der Waals surface area contributed by atoms with Crippen LogP contribution in [0.3, 0.4) is 0 Å². The summed E-state index contributed by atoms with van der Waals surface area (Å²) in [5.41, 5.74) is 2.81. The molecular formula is C19H18N4O2. The van der Waals surface area contributed by atoms with Gasteiger partial charge in [-0.3, -0.25) is 9.78 Å². The summed E-state index contributed by atoms with van der Waals surface area (Å²) < 4.78 is 5.32. The molecule has 1 saturated heterocycles. The van der Waals surface area contributed by atoms with Crippen LogP contribution in [0.2, 0.25) is 0 Å². The Morgan fingerprint density at radius 3 is 2.76 bits per heavy atom. The normalized spacial score (nSPS) is 17.2. The summed E-state index contributed by atoms with van der Waals surface area (Å²) in [6.45, 7) is 2.67. The van der Waals surface area contributed by atoms with Crippen LogP contribution in [-0.2, 0) is 11.2 Å². The number of carbonyl (C=O) groups is 1. The van der Waals surface area contributed by atoms with Gasteiger partial charge in [-0.15, -0.1) is 0 Å². The number of hydrogen-bond donors (Lipinski definition) is 0. The molecule has 0 bridgehead atoms. The smallest absolute Gasteiger partial charge is 0.276 e. The van der Waals surface area contributed by atoms with Crippen molar-refractivity contribution in [2.45, 2.75) is 25.7 Å². The Morgan fingerprint density at radius 2 is 2.04 bits per heavy atom. The number of hydrogen-bond acceptors (Lipinski definition) is 5. The molecule has 1 aromatic carbocycles. The molecule has 2 aromatic heterocycles. The Hall–Kier alpha value is -3.02. The maximum atomic E-state index is 12.4. The predicted molar refractivity (Wildman–Crippen MR) is 93.1 cm³/mol. The second kappa shape index (κ2) is 6.47. The van der Waals surface area contributed by atoms with E-state index >= 15 is 0 Å². The van der Waals surface area contributed by atoms with E-state index in [0.717, 1.165) is 12.1 Å². The number of pyridine rings is 1. The number of nitrogens with zero attached hydrogens (tertiary/aromatic N) is 4. The van der Waals surface area contributed by atoms with Gasteiger partial charge in [-0.1, -0.05) is 30.3 Å². The summed E-state index contributed by atoms with van der Waals surface area (Å²) in [5.74, 6) is 0.952. The molecule has 3 aromatic rings. The summed E-state index contributed by atoms with van der Waals surface area (Å²) in [4.78, 5) is 22.9. The number of benzene rings is 1. The van der Waals surface area contributed by atoms with E-state index in [4.69, 9.17) is 4.52 Å². The van der Waals surface area contributed by atoms with Crippen LogP contribution in [0.5, 0.6) is 0 Å². The molecule has 4 rings (SSSR count). The van der Waals surface area contributed by atoms with Crippen molar-refractivity contribution < 1.29 is 9.32 Å². The molecule has 25 heavy (non-hydrogen) atoms. The van der Waals surface area contributed by atoms with Crippen LogP contribution in [0.1, 0.15) is 30.7 Å². The van der Waals surface area contributed by atoms with Crippen molar-refractivity contribution in [1.82, 2.24) is 15.1 Å². The molecule has 1 amide bonds. The van der Waals surface area contributed by atoms with Crippen LogP contribution in [0.25, 0.3) is 11.6 Å². The number of anilines is 1. The fraction of sp³-hybridized carbons (Fsp3) is 0.263. The molecule has 0 N–H and O–H groups in total. The summed E-state index contributed by atoms with van der Waals surface area (Å²) in [5, 5.41) is 4.06. The number of rotatable bonds is 4. The molecule has 126 valence electrons. The molecule has 0 radical (unpaired) electrons. The third-order valence-electron chi connectivity index (χ3n) is 4.47. The van der Waals surface area contributed by atoms with Crippen LogP contribution in [0, 0.1) is 0 Å². The molecule has 0 unspecified atom stereocenters. The lowest BCUT2D eigenvalue weighted by molar-refractivity contribution is -0.117. The molecule has 1 aliphatic heterocycles. The molecule has 1 aliphatic rings. The highest BCUT2D eigenvalue weighted by Gasteiger charge is 2.34. The van der Waals surface area contributed by atoms with Gasteiger partial charge in [0.1, 0.15) is 5.69 Å². The van der Waals surface area contributed by atoms with Crippen molar-refractivity contribution in [1.29, 1.82) is 0 Å². The highest BCUT2D eigenvalue weighted by atomic mass is 16.5. The van der Waals surface area contributed by atoms with Crippen LogP contribution in [0.15, 0.2) is 53.2 Å². The molecule has 1 atom stereocenters. The molecule has 0 spiro atoms. The first-order valence-electron chi connectivity index (χ1n) is 8.39. The molecule has 0 aliphatic carbocycles. The van der Waals surface area contributed by atoms with E-state index in [2.05, 4.69) is 34.2 Å². The Morgan fingerprint density at radius 1 is 1.20 bits per heavy atom. The average molecular weight is 334 g/mol. The Bertz CT molecular complexity index is 874. The van der Waals surface area contributed by atoms with Crippen LogP contribution in [-0.4, -0.2) is 27.6 Å². The molecule has 3 heterocycles. The van der Waals surface area contributed by atoms with E-state index < -0.39 is 0 Å². The first kappa shape index (κ1) is 15.5. The Balaban J connectivity index is 1.53. The highest BCUT2D eigenvalue weighted by Crippen LogP contribution is 2.31. The zero-order chi connectivity index (χ0) is 17.2. The monoisotopic (exact) mass is 334 g/mol. The lowest BCUT2D eigenvalue weighted by atomic mass is 10.1. The van der Waals surface area contributed by atoms with Gasteiger partial charge in [0, 0.05) is 30.8 Å². The second-order valence-electron chi connectivity index (χ2n) is 6.10. The van der Waals surface area contributed by atoms with Gasteiger partial charge in [-0.2, -0.15) is 4.98 Å². The Kier molecular flexibility index (Phi) is 4.01. The number of aryl methyl sites for hydroxylation is 1. The van der Waals surface area contributed by atoms with E-state index in [1.165, 1.54) is 5.56 Å². The van der Waals surface area contributed by atoms with E-state index in [0.29, 0.717) is 30.4 Å². The third kappa shape index (κ3) is 3.03. The molecule has 6 nitrogen and oxygen atoms in total. The fourth-order valence-electron chi connectivity index (χ4n) is 3.04. The standard InChI is InChI=1S/C19H18N4O2/c1-2-13-6-8-15(9-7-13)23-12-14(11-17(23)24)18-21-19(25-22-18)16-5-3-4-10-20-16/h3-10,14H,2,11-12H2,1H3/t14-/m0/s1. The maximum Gasteiger partial charge on any atom is 0.276 e. The average Bonchev–Trinajstić information content (AvgIpc) is 3.29. The maximum absolute atomic E-state index is 12.4. The van der Waals surface area contributed by atoms with Crippen LogP contribution >= 0.6 is 0 Å². The first-order chi connectivity index (χ1) is 12.2. The van der Waals surface area contributed by atoms with E-state index in [-0.39, 0.29) is 11.8 Å². The van der Waals surface area contributed by atoms with Crippen LogP contribution < -0.4 is 4.90 Å². The molecule has 6 heteroatoms. The van der Waals surface area contributed by atoms with Gasteiger partial charge in [0.15, 0.2) is 5.82 Å². The zero-order valence-electron chi connectivity index (χ0n) is 13.9. The summed E-state index contributed by atoms with van der Waals surface area (Å²) in [6, 6.07) is 13.6. The van der Waals surface area contributed by atoms with Gasteiger partial charge in [0.25, 0.3) is 5.89 Å². The van der Waals surface area contributed by atoms with Gasteiger partial charge in [0.2, 0.25) is 5.91 Å². The second-order valence-corrected chi connectivity index (χ2v) is 6.10. The van der Waals surface area contributed by atoms with Gasteiger partial charge >= 0.3 is 0 Å². The van der Waals surface area contributed by atoms with E-state index in [1.54, 1.807) is 11.1 Å². The highest BCUT2D eigenvalue weighted by molar-refractivity contribution is 5.96. The van der Waals surface area contributed by atoms with Crippen molar-refractivity contribution in [2.75, 3.05) is 11.4 Å². The van der Waals surface area contributed by atoms with Crippen molar-refractivity contribution in [3.05, 3.63) is 60.0 Å². The number of amides is 1. The largest absolute Gasteiger partial charge is 0.332 e. The third-order valence-corrected chi connectivity index (χ3v) is 4.47. The SMILES string of the molecule is CCc1ccc(N2C[C@@H](c3noc(-c4ccccn4)n3)CC2=O)cc1. The summed E-state index contributed by atoms with van der Waals surface area (Å²) >= 11 is 0. The minimum atomic E-state index is -0.0698. The fourth-order valence-corrected chi connectivity index (χ4v) is 3.04. The van der Waals surface area contributed by atoms with E-state index in [1.807, 2.05) is 30.3 Å². The lowest BCUT2D eigenvalue weighted by Crippen LogP contribution is -2.24. The lowest BCUT2D eigenvalue weighted by Gasteiger charge is -2.16. The van der Waals surface area contributed by atoms with Crippen LogP contribution in [0.4, 0.5) is 5.69 Å². The minimum absolute atomic E-state index is 0.0698. The molecule has 1 fully saturated rings. The molecule has 0 saturated carbocycles. The minimum Gasteiger partial charge on any atom is -0.332 e. The quantitative estimate of drug-likeness (QED) is 0.732. The van der Waals surface area contributed by atoms with Gasteiger partial charge in [-0.25, -0.2) is 0 Å².